The van der Waals surface area contributed by atoms with Gasteiger partial charge in [0.1, 0.15) is 23.7 Å². The van der Waals surface area contributed by atoms with Crippen LogP contribution in [0, 0.1) is 0 Å². The minimum absolute atomic E-state index is 0.182. The number of thiazole rings is 1. The lowest BCUT2D eigenvalue weighted by atomic mass is 10.2. The van der Waals surface area contributed by atoms with Crippen LogP contribution >= 0.6 is 11.3 Å². The molecule has 0 fully saturated rings. The lowest BCUT2D eigenvalue weighted by Crippen LogP contribution is -2.07. The number of aliphatic hydroxyl groups is 1. The van der Waals surface area contributed by atoms with Crippen molar-refractivity contribution < 1.29 is 9.84 Å². The number of hydrogen-bond acceptors (Lipinski definition) is 6. The standard InChI is InChI=1S/C15H16N4O2S/c1-2-11-3-5-12(6-4-11)21-10-14-13(9-20)17-18-19(14)15-16-7-8-22-15/h3-8,20H,2,9-10H2,1H3. The molecule has 7 heteroatoms. The Labute approximate surface area is 132 Å². The quantitative estimate of drug-likeness (QED) is 0.756. The van der Waals surface area contributed by atoms with Gasteiger partial charge in [0.25, 0.3) is 0 Å². The largest absolute Gasteiger partial charge is 0.487 e. The van der Waals surface area contributed by atoms with Crippen molar-refractivity contribution in [3.63, 3.8) is 0 Å². The summed E-state index contributed by atoms with van der Waals surface area (Å²) in [5.74, 6) is 0.771. The summed E-state index contributed by atoms with van der Waals surface area (Å²) in [4.78, 5) is 4.21. The topological polar surface area (TPSA) is 73.1 Å². The third-order valence-electron chi connectivity index (χ3n) is 3.30. The summed E-state index contributed by atoms with van der Waals surface area (Å²) in [5, 5.41) is 20.0. The van der Waals surface area contributed by atoms with E-state index in [1.807, 2.05) is 29.6 Å². The van der Waals surface area contributed by atoms with Gasteiger partial charge in [-0.15, -0.1) is 16.4 Å². The van der Waals surface area contributed by atoms with Crippen LogP contribution in [0.1, 0.15) is 23.9 Å². The summed E-state index contributed by atoms with van der Waals surface area (Å²) in [6.07, 6.45) is 2.70. The second-order valence-electron chi connectivity index (χ2n) is 4.65. The van der Waals surface area contributed by atoms with E-state index >= 15 is 0 Å². The van der Waals surface area contributed by atoms with Crippen molar-refractivity contribution in [3.05, 3.63) is 52.8 Å². The molecule has 2 aromatic heterocycles. The molecule has 0 unspecified atom stereocenters. The van der Waals surface area contributed by atoms with Gasteiger partial charge in [0, 0.05) is 11.6 Å². The molecule has 0 amide bonds. The van der Waals surface area contributed by atoms with Crippen LogP contribution in [0.5, 0.6) is 5.75 Å². The fourth-order valence-electron chi connectivity index (χ4n) is 2.05. The predicted octanol–water partition coefficient (Wildman–Crippen LogP) is 2.36. The van der Waals surface area contributed by atoms with E-state index in [4.69, 9.17) is 4.74 Å². The molecule has 3 aromatic rings. The van der Waals surface area contributed by atoms with Crippen LogP contribution < -0.4 is 4.74 Å². The molecule has 0 aliphatic heterocycles. The Morgan fingerprint density at radius 3 is 2.73 bits per heavy atom. The van der Waals surface area contributed by atoms with Gasteiger partial charge in [0.15, 0.2) is 0 Å². The number of nitrogens with zero attached hydrogens (tertiary/aromatic N) is 4. The van der Waals surface area contributed by atoms with Crippen LogP contribution in [0.2, 0.25) is 0 Å². The first-order valence-electron chi connectivity index (χ1n) is 6.97. The average Bonchev–Trinajstić information content (AvgIpc) is 3.22. The van der Waals surface area contributed by atoms with Gasteiger partial charge in [-0.25, -0.2) is 4.98 Å². The molecule has 114 valence electrons. The Morgan fingerprint density at radius 2 is 2.09 bits per heavy atom. The minimum atomic E-state index is -0.182. The number of aryl methyl sites for hydroxylation is 1. The normalized spacial score (nSPS) is 10.8. The fourth-order valence-corrected chi connectivity index (χ4v) is 2.66. The Kier molecular flexibility index (Phi) is 4.45. The molecular formula is C15H16N4O2S. The van der Waals surface area contributed by atoms with Crippen LogP contribution in [0.15, 0.2) is 35.8 Å². The summed E-state index contributed by atoms with van der Waals surface area (Å²) >= 11 is 1.45. The van der Waals surface area contributed by atoms with Gasteiger partial charge < -0.3 is 9.84 Å². The molecular weight excluding hydrogens is 300 g/mol. The van der Waals surface area contributed by atoms with E-state index < -0.39 is 0 Å². The minimum Gasteiger partial charge on any atom is -0.487 e. The molecule has 22 heavy (non-hydrogen) atoms. The smallest absolute Gasteiger partial charge is 0.212 e. The van der Waals surface area contributed by atoms with E-state index in [0.717, 1.165) is 12.2 Å². The highest BCUT2D eigenvalue weighted by atomic mass is 32.1. The second-order valence-corrected chi connectivity index (χ2v) is 5.53. The summed E-state index contributed by atoms with van der Waals surface area (Å²) < 4.78 is 7.40. The van der Waals surface area contributed by atoms with Crippen LogP contribution in [0.4, 0.5) is 0 Å². The molecule has 0 radical (unpaired) electrons. The fraction of sp³-hybridized carbons (Fsp3) is 0.267. The molecule has 0 bridgehead atoms. The molecule has 1 N–H and O–H groups in total. The predicted molar refractivity (Wildman–Crippen MR) is 83.1 cm³/mol. The van der Waals surface area contributed by atoms with Crippen molar-refractivity contribution in [2.24, 2.45) is 0 Å². The third-order valence-corrected chi connectivity index (χ3v) is 4.05. The van der Waals surface area contributed by atoms with Crippen LogP contribution in [-0.2, 0) is 19.6 Å². The summed E-state index contributed by atoms with van der Waals surface area (Å²) in [6, 6.07) is 7.96. The Morgan fingerprint density at radius 1 is 1.27 bits per heavy atom. The third kappa shape index (κ3) is 3.00. The van der Waals surface area contributed by atoms with Gasteiger partial charge in [-0.05, 0) is 24.1 Å². The van der Waals surface area contributed by atoms with Crippen molar-refractivity contribution >= 4 is 11.3 Å². The van der Waals surface area contributed by atoms with Gasteiger partial charge in [-0.1, -0.05) is 24.3 Å². The maximum atomic E-state index is 9.41. The monoisotopic (exact) mass is 316 g/mol. The Hall–Kier alpha value is -2.25. The van der Waals surface area contributed by atoms with Crippen molar-refractivity contribution in [3.8, 4) is 10.9 Å². The number of hydrogen-bond donors (Lipinski definition) is 1. The highest BCUT2D eigenvalue weighted by molar-refractivity contribution is 7.12. The summed E-state index contributed by atoms with van der Waals surface area (Å²) in [7, 11) is 0. The number of aromatic nitrogens is 4. The highest BCUT2D eigenvalue weighted by Crippen LogP contribution is 2.19. The molecule has 0 aliphatic carbocycles. The zero-order valence-electron chi connectivity index (χ0n) is 12.1. The van der Waals surface area contributed by atoms with E-state index in [-0.39, 0.29) is 13.2 Å². The van der Waals surface area contributed by atoms with Gasteiger partial charge >= 0.3 is 0 Å². The van der Waals surface area contributed by atoms with Crippen molar-refractivity contribution in [2.75, 3.05) is 0 Å². The van der Waals surface area contributed by atoms with Crippen molar-refractivity contribution in [1.29, 1.82) is 0 Å². The highest BCUT2D eigenvalue weighted by Gasteiger charge is 2.15. The van der Waals surface area contributed by atoms with Gasteiger partial charge in [0.2, 0.25) is 5.13 Å². The number of aliphatic hydroxyl groups excluding tert-OH is 1. The molecule has 0 saturated carbocycles. The summed E-state index contributed by atoms with van der Waals surface area (Å²) in [6.45, 7) is 2.20. The van der Waals surface area contributed by atoms with E-state index in [2.05, 4.69) is 22.2 Å². The van der Waals surface area contributed by atoms with E-state index in [1.165, 1.54) is 16.9 Å². The first kappa shape index (κ1) is 14.7. The lowest BCUT2D eigenvalue weighted by molar-refractivity contribution is 0.263. The van der Waals surface area contributed by atoms with Gasteiger partial charge in [0.05, 0.1) is 6.61 Å². The second kappa shape index (κ2) is 6.67. The molecule has 1 aromatic carbocycles. The lowest BCUT2D eigenvalue weighted by Gasteiger charge is -2.08. The molecule has 2 heterocycles. The van der Waals surface area contributed by atoms with E-state index in [9.17, 15) is 5.11 Å². The summed E-state index contributed by atoms with van der Waals surface area (Å²) in [5.41, 5.74) is 2.47. The van der Waals surface area contributed by atoms with Crippen LogP contribution in [-0.4, -0.2) is 25.1 Å². The van der Waals surface area contributed by atoms with Gasteiger partial charge in [-0.3, -0.25) is 0 Å². The Bertz CT molecular complexity index is 723. The maximum Gasteiger partial charge on any atom is 0.212 e. The zero-order valence-corrected chi connectivity index (χ0v) is 13.0. The number of rotatable bonds is 6. The van der Waals surface area contributed by atoms with E-state index in [0.29, 0.717) is 16.5 Å². The molecule has 0 atom stereocenters. The van der Waals surface area contributed by atoms with Crippen molar-refractivity contribution in [2.45, 2.75) is 26.6 Å². The SMILES string of the molecule is CCc1ccc(OCc2c(CO)nnn2-c2nccs2)cc1. The molecule has 0 spiro atoms. The molecule has 3 rings (SSSR count). The zero-order chi connectivity index (χ0) is 15.4. The van der Waals surface area contributed by atoms with Crippen LogP contribution in [0.25, 0.3) is 5.13 Å². The van der Waals surface area contributed by atoms with E-state index in [1.54, 1.807) is 10.9 Å². The first-order valence-corrected chi connectivity index (χ1v) is 7.85. The maximum absolute atomic E-state index is 9.41. The first-order chi connectivity index (χ1) is 10.8. The Balaban J connectivity index is 1.80. The van der Waals surface area contributed by atoms with Crippen LogP contribution in [0.3, 0.4) is 0 Å². The number of benzene rings is 1. The van der Waals surface area contributed by atoms with Gasteiger partial charge in [-0.2, -0.15) is 4.68 Å². The number of ether oxygens (including phenoxy) is 1. The molecule has 0 aliphatic rings. The average molecular weight is 316 g/mol. The molecule has 6 nitrogen and oxygen atoms in total. The molecule has 0 saturated heterocycles. The van der Waals surface area contributed by atoms with Crippen molar-refractivity contribution in [1.82, 2.24) is 20.0 Å².